The lowest BCUT2D eigenvalue weighted by atomic mass is 10.1. The minimum atomic E-state index is -0.531. The molecule has 0 saturated heterocycles. The van der Waals surface area contributed by atoms with Gasteiger partial charge in [-0.1, -0.05) is 23.7 Å². The summed E-state index contributed by atoms with van der Waals surface area (Å²) in [5, 5.41) is 5.22. The first kappa shape index (κ1) is 12.7. The number of aromatic nitrogens is 1. The minimum absolute atomic E-state index is 0.0311. The number of nitrogens with one attached hydrogen (secondary N) is 1. The van der Waals surface area contributed by atoms with E-state index in [4.69, 9.17) is 17.3 Å². The zero-order chi connectivity index (χ0) is 14.1. The number of hydrogen-bond acceptors (Lipinski definition) is 3. The number of nitrogen functional groups attached to an aromatic ring is 1. The van der Waals surface area contributed by atoms with Crippen molar-refractivity contribution in [1.82, 2.24) is 4.98 Å². The molecule has 0 aliphatic carbocycles. The number of hydrogen-bond donors (Lipinski definition) is 2. The van der Waals surface area contributed by atoms with Gasteiger partial charge in [0, 0.05) is 34.9 Å². The van der Waals surface area contributed by atoms with Crippen molar-refractivity contribution in [3.63, 3.8) is 0 Å². The first-order chi connectivity index (χ1) is 9.65. The summed E-state index contributed by atoms with van der Waals surface area (Å²) < 4.78 is 13.3. The Morgan fingerprint density at radius 1 is 1.15 bits per heavy atom. The van der Waals surface area contributed by atoms with Gasteiger partial charge < -0.3 is 11.1 Å². The maximum absolute atomic E-state index is 13.3. The molecule has 0 spiro atoms. The molecule has 3 rings (SSSR count). The SMILES string of the molecule is Nc1cc(F)c(Cl)cc1Nc1cccc2cnccc12. The molecule has 0 unspecified atom stereocenters. The van der Waals surface area contributed by atoms with Crippen LogP contribution in [0.3, 0.4) is 0 Å². The van der Waals surface area contributed by atoms with E-state index in [9.17, 15) is 4.39 Å². The number of anilines is 3. The highest BCUT2D eigenvalue weighted by molar-refractivity contribution is 6.31. The zero-order valence-corrected chi connectivity index (χ0v) is 11.2. The van der Waals surface area contributed by atoms with Crippen molar-refractivity contribution in [2.24, 2.45) is 0 Å². The second-order valence-electron chi connectivity index (χ2n) is 4.38. The summed E-state index contributed by atoms with van der Waals surface area (Å²) >= 11 is 5.79. The summed E-state index contributed by atoms with van der Waals surface area (Å²) in [4.78, 5) is 4.08. The van der Waals surface area contributed by atoms with E-state index in [1.54, 1.807) is 12.4 Å². The Hall–Kier alpha value is -2.33. The largest absolute Gasteiger partial charge is 0.397 e. The van der Waals surface area contributed by atoms with Crippen molar-refractivity contribution in [3.05, 3.63) is 59.6 Å². The molecule has 3 nitrogen and oxygen atoms in total. The summed E-state index contributed by atoms with van der Waals surface area (Å²) in [5.41, 5.74) is 7.54. The van der Waals surface area contributed by atoms with Crippen LogP contribution in [0, 0.1) is 5.82 Å². The van der Waals surface area contributed by atoms with Gasteiger partial charge in [-0.25, -0.2) is 4.39 Å². The predicted octanol–water partition coefficient (Wildman–Crippen LogP) is 4.35. The van der Waals surface area contributed by atoms with Crippen molar-refractivity contribution in [2.45, 2.75) is 0 Å². The summed E-state index contributed by atoms with van der Waals surface area (Å²) in [6.45, 7) is 0. The maximum atomic E-state index is 13.3. The number of nitrogens with two attached hydrogens (primary N) is 1. The number of benzene rings is 2. The average Bonchev–Trinajstić information content (AvgIpc) is 2.45. The van der Waals surface area contributed by atoms with Crippen LogP contribution in [-0.4, -0.2) is 4.98 Å². The minimum Gasteiger partial charge on any atom is -0.397 e. The van der Waals surface area contributed by atoms with Gasteiger partial charge in [-0.3, -0.25) is 4.98 Å². The van der Waals surface area contributed by atoms with Crippen LogP contribution in [0.25, 0.3) is 10.8 Å². The molecular formula is C15H11ClFN3. The monoisotopic (exact) mass is 287 g/mol. The second kappa shape index (κ2) is 4.98. The Morgan fingerprint density at radius 3 is 2.85 bits per heavy atom. The molecule has 5 heteroatoms. The highest BCUT2D eigenvalue weighted by Crippen LogP contribution is 2.31. The zero-order valence-electron chi connectivity index (χ0n) is 10.4. The van der Waals surface area contributed by atoms with E-state index in [1.807, 2.05) is 24.3 Å². The number of fused-ring (bicyclic) bond motifs is 1. The van der Waals surface area contributed by atoms with Gasteiger partial charge >= 0.3 is 0 Å². The van der Waals surface area contributed by atoms with Gasteiger partial charge in [-0.2, -0.15) is 0 Å². The first-order valence-corrected chi connectivity index (χ1v) is 6.37. The molecule has 100 valence electrons. The standard InChI is InChI=1S/C15H11ClFN3/c16-11-6-15(13(18)7-12(11)17)20-14-3-1-2-9-8-19-5-4-10(9)14/h1-8,20H,18H2. The van der Waals surface area contributed by atoms with E-state index >= 15 is 0 Å². The molecule has 2 aromatic carbocycles. The molecule has 1 aromatic heterocycles. The molecule has 0 aliphatic rings. The van der Waals surface area contributed by atoms with E-state index in [-0.39, 0.29) is 5.02 Å². The van der Waals surface area contributed by atoms with Gasteiger partial charge in [-0.05, 0) is 18.2 Å². The van der Waals surface area contributed by atoms with Gasteiger partial charge in [0.2, 0.25) is 0 Å². The molecule has 0 aliphatic heterocycles. The van der Waals surface area contributed by atoms with Gasteiger partial charge in [0.05, 0.1) is 16.4 Å². The van der Waals surface area contributed by atoms with Crippen LogP contribution in [0.5, 0.6) is 0 Å². The first-order valence-electron chi connectivity index (χ1n) is 5.99. The lowest BCUT2D eigenvalue weighted by Crippen LogP contribution is -1.98. The van der Waals surface area contributed by atoms with Crippen LogP contribution in [-0.2, 0) is 0 Å². The van der Waals surface area contributed by atoms with Gasteiger partial charge in [0.15, 0.2) is 0 Å². The lowest BCUT2D eigenvalue weighted by Gasteiger charge is -2.12. The van der Waals surface area contributed by atoms with Crippen molar-refractivity contribution in [2.75, 3.05) is 11.1 Å². The number of rotatable bonds is 2. The molecule has 3 N–H and O–H groups in total. The highest BCUT2D eigenvalue weighted by atomic mass is 35.5. The Bertz CT molecular complexity index is 784. The topological polar surface area (TPSA) is 50.9 Å². The molecule has 1 heterocycles. The summed E-state index contributed by atoms with van der Waals surface area (Å²) in [5.74, 6) is -0.531. The second-order valence-corrected chi connectivity index (χ2v) is 4.79. The van der Waals surface area contributed by atoms with E-state index in [0.717, 1.165) is 16.5 Å². The average molecular weight is 288 g/mol. The Kier molecular flexibility index (Phi) is 3.16. The smallest absolute Gasteiger partial charge is 0.143 e. The van der Waals surface area contributed by atoms with Crippen molar-refractivity contribution in [3.8, 4) is 0 Å². The van der Waals surface area contributed by atoms with Crippen molar-refractivity contribution < 1.29 is 4.39 Å². The molecule has 20 heavy (non-hydrogen) atoms. The van der Waals surface area contributed by atoms with Gasteiger partial charge in [0.1, 0.15) is 5.82 Å². The van der Waals surface area contributed by atoms with Gasteiger partial charge in [0.25, 0.3) is 0 Å². The molecule has 0 bridgehead atoms. The fraction of sp³-hybridized carbons (Fsp3) is 0. The van der Waals surface area contributed by atoms with Crippen molar-refractivity contribution >= 4 is 39.4 Å². The lowest BCUT2D eigenvalue weighted by molar-refractivity contribution is 0.629. The summed E-state index contributed by atoms with van der Waals surface area (Å²) in [7, 11) is 0. The van der Waals surface area contributed by atoms with Crippen LogP contribution in [0.2, 0.25) is 5.02 Å². The van der Waals surface area contributed by atoms with Crippen LogP contribution in [0.15, 0.2) is 48.8 Å². The molecule has 0 atom stereocenters. The third kappa shape index (κ3) is 2.26. The summed E-state index contributed by atoms with van der Waals surface area (Å²) in [6, 6.07) is 10.4. The van der Waals surface area contributed by atoms with E-state index in [0.29, 0.717) is 11.4 Å². The van der Waals surface area contributed by atoms with Crippen LogP contribution in [0.1, 0.15) is 0 Å². The molecule has 0 amide bonds. The van der Waals surface area contributed by atoms with Crippen LogP contribution in [0.4, 0.5) is 21.5 Å². The highest BCUT2D eigenvalue weighted by Gasteiger charge is 2.08. The van der Waals surface area contributed by atoms with E-state index < -0.39 is 5.82 Å². The fourth-order valence-corrected chi connectivity index (χ4v) is 2.21. The Balaban J connectivity index is 2.08. The summed E-state index contributed by atoms with van der Waals surface area (Å²) in [6.07, 6.45) is 3.50. The molecule has 0 radical (unpaired) electrons. The predicted molar refractivity (Wildman–Crippen MR) is 80.8 cm³/mol. The molecular weight excluding hydrogens is 277 g/mol. The molecule has 0 saturated carbocycles. The van der Waals surface area contributed by atoms with E-state index in [2.05, 4.69) is 10.3 Å². The van der Waals surface area contributed by atoms with Crippen molar-refractivity contribution in [1.29, 1.82) is 0 Å². The van der Waals surface area contributed by atoms with Gasteiger partial charge in [-0.15, -0.1) is 0 Å². The quantitative estimate of drug-likeness (QED) is 0.689. The fourth-order valence-electron chi connectivity index (χ4n) is 2.05. The molecule has 3 aromatic rings. The number of pyridine rings is 1. The van der Waals surface area contributed by atoms with E-state index in [1.165, 1.54) is 12.1 Å². The molecule has 0 fully saturated rings. The maximum Gasteiger partial charge on any atom is 0.143 e. The van der Waals surface area contributed by atoms with Crippen LogP contribution < -0.4 is 11.1 Å². The third-order valence-corrected chi connectivity index (χ3v) is 3.33. The normalized spacial score (nSPS) is 10.7. The number of nitrogens with zero attached hydrogens (tertiary/aromatic N) is 1. The Labute approximate surface area is 120 Å². The Morgan fingerprint density at radius 2 is 2.00 bits per heavy atom. The number of halogens is 2. The van der Waals surface area contributed by atoms with Crippen LogP contribution >= 0.6 is 11.6 Å². The third-order valence-electron chi connectivity index (χ3n) is 3.04.